The van der Waals surface area contributed by atoms with Gasteiger partial charge in [-0.3, -0.25) is 0 Å². The smallest absolute Gasteiger partial charge is 0.136 e. The predicted octanol–water partition coefficient (Wildman–Crippen LogP) is 13.4. The van der Waals surface area contributed by atoms with Crippen molar-refractivity contribution in [3.63, 3.8) is 0 Å². The molecule has 0 amide bonds. The summed E-state index contributed by atoms with van der Waals surface area (Å²) < 4.78 is 15.5. The molecule has 3 aromatic heterocycles. The van der Waals surface area contributed by atoms with E-state index in [4.69, 9.17) is 19.1 Å². The molecule has 6 nitrogen and oxygen atoms in total. The van der Waals surface area contributed by atoms with E-state index in [2.05, 4.69) is 149 Å². The van der Waals surface area contributed by atoms with Gasteiger partial charge >= 0.3 is 0 Å². The Bertz CT molecular complexity index is 3320. The molecule has 4 heterocycles. The molecule has 12 rings (SSSR count). The average molecular weight is 734 g/mol. The Balaban J connectivity index is 0.937. The van der Waals surface area contributed by atoms with Gasteiger partial charge in [-0.1, -0.05) is 127 Å². The SMILES string of the molecule is c1ccc(C2N=C(c3ccc4c(c3)oc3cccc(-c5ccc6c(c5)oc5ccc(-n7c8ccccc8c8ccccc87)cc56)c34)[N-]C(c3ccccc3)N2)cc1. The lowest BCUT2D eigenvalue weighted by Crippen LogP contribution is -2.31. The molecule has 0 fully saturated rings. The molecule has 0 spiro atoms. The minimum atomic E-state index is -0.240. The number of nitrogens with zero attached hydrogens (tertiary/aromatic N) is 3. The van der Waals surface area contributed by atoms with Crippen molar-refractivity contribution in [1.82, 2.24) is 9.88 Å². The Labute approximate surface area is 327 Å². The van der Waals surface area contributed by atoms with E-state index >= 15 is 0 Å². The van der Waals surface area contributed by atoms with Crippen molar-refractivity contribution in [2.75, 3.05) is 0 Å². The summed E-state index contributed by atoms with van der Waals surface area (Å²) in [5.41, 5.74) is 12.1. The van der Waals surface area contributed by atoms with Crippen LogP contribution in [0.4, 0.5) is 0 Å². The lowest BCUT2D eigenvalue weighted by molar-refractivity contribution is 0.488. The van der Waals surface area contributed by atoms with Crippen molar-refractivity contribution >= 4 is 71.5 Å². The first kappa shape index (κ1) is 31.9. The summed E-state index contributed by atoms with van der Waals surface area (Å²) in [6.07, 6.45) is -0.481. The summed E-state index contributed by atoms with van der Waals surface area (Å²) in [7, 11) is 0. The van der Waals surface area contributed by atoms with Crippen LogP contribution in [0.5, 0.6) is 0 Å². The van der Waals surface area contributed by atoms with Crippen LogP contribution in [0.1, 0.15) is 29.0 Å². The molecule has 6 heteroatoms. The molecule has 1 aliphatic heterocycles. The number of nitrogens with one attached hydrogen (secondary N) is 1. The van der Waals surface area contributed by atoms with Crippen molar-refractivity contribution < 1.29 is 8.83 Å². The highest BCUT2D eigenvalue weighted by atomic mass is 16.3. The molecular weight excluding hydrogens is 701 g/mol. The first-order valence-electron chi connectivity index (χ1n) is 19.3. The van der Waals surface area contributed by atoms with Crippen LogP contribution in [0.2, 0.25) is 0 Å². The van der Waals surface area contributed by atoms with Gasteiger partial charge in [0.1, 0.15) is 22.3 Å². The molecule has 2 unspecified atom stereocenters. The second-order valence-electron chi connectivity index (χ2n) is 14.7. The maximum atomic E-state index is 6.58. The molecule has 0 bridgehead atoms. The summed E-state index contributed by atoms with van der Waals surface area (Å²) in [5.74, 6) is 0.690. The monoisotopic (exact) mass is 733 g/mol. The van der Waals surface area contributed by atoms with Crippen LogP contribution in [0.3, 0.4) is 0 Å². The van der Waals surface area contributed by atoms with E-state index in [1.165, 1.54) is 21.8 Å². The Kier molecular flexibility index (Phi) is 7.03. The molecule has 0 saturated heterocycles. The van der Waals surface area contributed by atoms with Crippen molar-refractivity contribution in [3.8, 4) is 16.8 Å². The van der Waals surface area contributed by atoms with Crippen molar-refractivity contribution in [1.29, 1.82) is 0 Å². The number of aromatic nitrogens is 1. The molecular formula is C51H33N4O2-. The van der Waals surface area contributed by atoms with Crippen LogP contribution in [-0.2, 0) is 0 Å². The number of hydrogen-bond acceptors (Lipinski definition) is 4. The normalized spacial score (nSPS) is 15.9. The van der Waals surface area contributed by atoms with E-state index in [0.29, 0.717) is 5.84 Å². The molecule has 8 aromatic carbocycles. The zero-order valence-electron chi connectivity index (χ0n) is 30.6. The van der Waals surface area contributed by atoms with Crippen LogP contribution < -0.4 is 5.32 Å². The van der Waals surface area contributed by atoms with Gasteiger partial charge in [0.2, 0.25) is 0 Å². The second-order valence-corrected chi connectivity index (χ2v) is 14.7. The first-order chi connectivity index (χ1) is 28.2. The third-order valence-corrected chi connectivity index (χ3v) is 11.4. The highest BCUT2D eigenvalue weighted by Crippen LogP contribution is 2.41. The van der Waals surface area contributed by atoms with Crippen molar-refractivity contribution in [3.05, 3.63) is 204 Å². The van der Waals surface area contributed by atoms with Crippen molar-refractivity contribution in [2.24, 2.45) is 4.99 Å². The van der Waals surface area contributed by atoms with Gasteiger partial charge in [0.15, 0.2) is 0 Å². The Morgan fingerprint density at radius 3 is 1.91 bits per heavy atom. The fourth-order valence-electron chi connectivity index (χ4n) is 8.74. The molecule has 57 heavy (non-hydrogen) atoms. The maximum absolute atomic E-state index is 6.58. The zero-order valence-corrected chi connectivity index (χ0v) is 30.6. The van der Waals surface area contributed by atoms with E-state index in [1.807, 2.05) is 42.5 Å². The summed E-state index contributed by atoms with van der Waals surface area (Å²) in [5, 5.41) is 15.5. The highest BCUT2D eigenvalue weighted by Gasteiger charge is 2.20. The largest absolute Gasteiger partial charge is 0.456 e. The number of fused-ring (bicyclic) bond motifs is 9. The van der Waals surface area contributed by atoms with Gasteiger partial charge < -0.3 is 29.0 Å². The van der Waals surface area contributed by atoms with Crippen LogP contribution >= 0.6 is 0 Å². The van der Waals surface area contributed by atoms with Gasteiger partial charge in [-0.15, -0.1) is 0 Å². The quantitative estimate of drug-likeness (QED) is 0.191. The number of para-hydroxylation sites is 2. The maximum Gasteiger partial charge on any atom is 0.136 e. The average Bonchev–Trinajstić information content (AvgIpc) is 3.95. The minimum Gasteiger partial charge on any atom is -0.456 e. The lowest BCUT2D eigenvalue weighted by Gasteiger charge is -2.40. The van der Waals surface area contributed by atoms with E-state index < -0.39 is 0 Å². The van der Waals surface area contributed by atoms with Gasteiger partial charge in [-0.05, 0) is 88.5 Å². The molecule has 1 N–H and O–H groups in total. The summed E-state index contributed by atoms with van der Waals surface area (Å²) in [4.78, 5) is 5.10. The van der Waals surface area contributed by atoms with Gasteiger partial charge in [-0.25, -0.2) is 0 Å². The molecule has 270 valence electrons. The summed E-state index contributed by atoms with van der Waals surface area (Å²) in [6.45, 7) is 0. The molecule has 0 aliphatic carbocycles. The topological polar surface area (TPSA) is 69.7 Å². The third-order valence-electron chi connectivity index (χ3n) is 11.4. The van der Waals surface area contributed by atoms with E-state index in [9.17, 15) is 0 Å². The molecule has 2 atom stereocenters. The van der Waals surface area contributed by atoms with Crippen LogP contribution in [-0.4, -0.2) is 10.4 Å². The minimum absolute atomic E-state index is 0.240. The Morgan fingerprint density at radius 2 is 1.12 bits per heavy atom. The standard InChI is InChI=1S/C51H33N4O2/c1-3-12-31(13-4-1)49-52-50(32-14-5-2-6-15-32)54-51(53-49)34-23-26-40-47(29-34)57-45-21-11-18-36(48(40)45)33-22-25-39-41-30-35(24-27-44(41)56-46(39)28-33)55-42-19-9-7-16-37(42)38-17-8-10-20-43(38)55/h1-30,49-50,52H/q-1. The number of aliphatic imine (C=N–C) groups is 1. The van der Waals surface area contributed by atoms with Crippen LogP contribution in [0, 0.1) is 0 Å². The Hall–Kier alpha value is -7.41. The fraction of sp³-hybridized carbons (Fsp3) is 0.0392. The Morgan fingerprint density at radius 1 is 0.474 bits per heavy atom. The predicted molar refractivity (Wildman–Crippen MR) is 232 cm³/mol. The summed E-state index contributed by atoms with van der Waals surface area (Å²) >= 11 is 0. The van der Waals surface area contributed by atoms with E-state index in [1.54, 1.807) is 0 Å². The van der Waals surface area contributed by atoms with Crippen molar-refractivity contribution in [2.45, 2.75) is 12.3 Å². The highest BCUT2D eigenvalue weighted by molar-refractivity contribution is 6.17. The van der Waals surface area contributed by atoms with Gasteiger partial charge in [-0.2, -0.15) is 0 Å². The molecule has 0 radical (unpaired) electrons. The number of rotatable bonds is 5. The van der Waals surface area contributed by atoms with Crippen LogP contribution in [0.15, 0.2) is 196 Å². The van der Waals surface area contributed by atoms with E-state index in [0.717, 1.165) is 77.4 Å². The first-order valence-corrected chi connectivity index (χ1v) is 19.3. The fourth-order valence-corrected chi connectivity index (χ4v) is 8.74. The van der Waals surface area contributed by atoms with Gasteiger partial charge in [0.05, 0.1) is 11.0 Å². The number of benzene rings is 8. The zero-order chi connectivity index (χ0) is 37.5. The molecule has 0 saturated carbocycles. The summed E-state index contributed by atoms with van der Waals surface area (Å²) in [6, 6.07) is 63.5. The number of furan rings is 2. The van der Waals surface area contributed by atoms with Gasteiger partial charge in [0, 0.05) is 50.3 Å². The second kappa shape index (κ2) is 12.6. The molecule has 1 aliphatic rings. The van der Waals surface area contributed by atoms with Gasteiger partial charge in [0.25, 0.3) is 0 Å². The number of amidine groups is 1. The lowest BCUT2D eigenvalue weighted by atomic mass is 9.98. The van der Waals surface area contributed by atoms with Crippen LogP contribution in [0.25, 0.3) is 87.8 Å². The van der Waals surface area contributed by atoms with E-state index in [-0.39, 0.29) is 12.3 Å². The third kappa shape index (κ3) is 5.12. The number of hydrogen-bond donors (Lipinski definition) is 1. The molecule has 11 aromatic rings.